The molecule has 4 heterocycles. The van der Waals surface area contributed by atoms with Gasteiger partial charge in [-0.15, -0.1) is 11.8 Å². The van der Waals surface area contributed by atoms with Crippen LogP contribution in [-0.4, -0.2) is 42.2 Å². The fourth-order valence-corrected chi connectivity index (χ4v) is 4.18. The average molecular weight is 516 g/mol. The van der Waals surface area contributed by atoms with Crippen LogP contribution in [0.25, 0.3) is 28.0 Å². The van der Waals surface area contributed by atoms with Crippen LogP contribution in [0, 0.1) is 0 Å². The lowest BCUT2D eigenvalue weighted by molar-refractivity contribution is -0.286. The molecule has 0 atom stereocenters. The van der Waals surface area contributed by atoms with Crippen LogP contribution >= 0.6 is 23.4 Å². The number of thioether (sulfide) groups is 1. The van der Waals surface area contributed by atoms with Gasteiger partial charge in [0.2, 0.25) is 0 Å². The Labute approximate surface area is 198 Å². The Kier molecular flexibility index (Phi) is 6.38. The number of rotatable bonds is 6. The largest absolute Gasteiger partial charge is 0.455 e. The van der Waals surface area contributed by atoms with Gasteiger partial charge in [0.25, 0.3) is 5.56 Å². The number of hydrogen-bond acceptors (Lipinski definition) is 5. The van der Waals surface area contributed by atoms with Crippen LogP contribution in [0.2, 0.25) is 5.15 Å². The Balaban J connectivity index is 1.79. The summed E-state index contributed by atoms with van der Waals surface area (Å²) in [4.78, 5) is 21.5. The minimum absolute atomic E-state index is 0.146. The van der Waals surface area contributed by atoms with Crippen molar-refractivity contribution in [2.75, 3.05) is 5.75 Å². The summed E-state index contributed by atoms with van der Waals surface area (Å²) >= 11 is 7.36. The molecule has 0 unspecified atom stereocenters. The molecule has 0 saturated carbocycles. The van der Waals surface area contributed by atoms with E-state index in [9.17, 15) is 26.7 Å². The molecule has 0 amide bonds. The van der Waals surface area contributed by atoms with Gasteiger partial charge in [-0.05, 0) is 30.0 Å². The maximum atomic E-state index is 13.7. The molecule has 0 aliphatic heterocycles. The summed E-state index contributed by atoms with van der Waals surface area (Å²) in [5.74, 6) is -4.38. The summed E-state index contributed by atoms with van der Waals surface area (Å²) < 4.78 is 67.3. The van der Waals surface area contributed by atoms with Crippen LogP contribution in [0.5, 0.6) is 0 Å². The Morgan fingerprint density at radius 1 is 1.06 bits per heavy atom. The van der Waals surface area contributed by atoms with Crippen molar-refractivity contribution >= 4 is 34.3 Å². The van der Waals surface area contributed by atoms with Crippen molar-refractivity contribution in [3.8, 4) is 17.1 Å². The number of hydrogen-bond donors (Lipinski definition) is 0. The maximum Gasteiger partial charge on any atom is 0.455 e. The standard InChI is InChI=1S/C21H15ClF5N5OS/c1-2-34-16-8-13(32-6-5-17(22)30-32)9-29-19(16)14-7-12-3-4-18(33)31(15(12)10-28-14)11-20(23,24)21(25,26)27/h3-10H,2,11H2,1H3. The van der Waals surface area contributed by atoms with Crippen molar-refractivity contribution in [3.63, 3.8) is 0 Å². The van der Waals surface area contributed by atoms with Gasteiger partial charge in [0.15, 0.2) is 5.15 Å². The van der Waals surface area contributed by atoms with E-state index in [1.165, 1.54) is 23.9 Å². The van der Waals surface area contributed by atoms with Gasteiger partial charge < -0.3 is 4.57 Å². The van der Waals surface area contributed by atoms with Gasteiger partial charge in [0.1, 0.15) is 5.69 Å². The van der Waals surface area contributed by atoms with E-state index < -0.39 is 24.2 Å². The first-order valence-electron chi connectivity index (χ1n) is 9.79. The fraction of sp³-hybridized carbons (Fsp3) is 0.238. The first-order chi connectivity index (χ1) is 16.0. The quantitative estimate of drug-likeness (QED) is 0.247. The topological polar surface area (TPSA) is 65.6 Å². The zero-order valence-electron chi connectivity index (χ0n) is 17.4. The third-order valence-electron chi connectivity index (χ3n) is 4.85. The first-order valence-corrected chi connectivity index (χ1v) is 11.2. The van der Waals surface area contributed by atoms with Crippen molar-refractivity contribution in [3.05, 3.63) is 64.4 Å². The molecule has 34 heavy (non-hydrogen) atoms. The lowest BCUT2D eigenvalue weighted by atomic mass is 10.1. The second-order valence-corrected chi connectivity index (χ2v) is 8.84. The summed E-state index contributed by atoms with van der Waals surface area (Å²) in [7, 11) is 0. The molecule has 0 bridgehead atoms. The van der Waals surface area contributed by atoms with E-state index in [4.69, 9.17) is 11.6 Å². The monoisotopic (exact) mass is 515 g/mol. The SMILES string of the molecule is CCSc1cc(-n2ccc(Cl)n2)cnc1-c1cc2ccc(=O)n(CC(F)(F)C(F)(F)F)c2cn1. The number of fused-ring (bicyclic) bond motifs is 1. The molecular formula is C21H15ClF5N5OS. The van der Waals surface area contributed by atoms with Crippen LogP contribution in [0.15, 0.2) is 58.6 Å². The van der Waals surface area contributed by atoms with Crippen molar-refractivity contribution in [1.29, 1.82) is 0 Å². The van der Waals surface area contributed by atoms with E-state index in [0.29, 0.717) is 32.5 Å². The summed E-state index contributed by atoms with van der Waals surface area (Å²) in [6, 6.07) is 7.23. The summed E-state index contributed by atoms with van der Waals surface area (Å²) in [6.45, 7) is 0.100. The van der Waals surface area contributed by atoms with Crippen LogP contribution < -0.4 is 5.56 Å². The molecule has 0 aliphatic rings. The average Bonchev–Trinajstić information content (AvgIpc) is 3.21. The predicted molar refractivity (Wildman–Crippen MR) is 119 cm³/mol. The molecule has 4 rings (SSSR count). The molecule has 6 nitrogen and oxygen atoms in total. The highest BCUT2D eigenvalue weighted by atomic mass is 35.5. The lowest BCUT2D eigenvalue weighted by Crippen LogP contribution is -2.42. The van der Waals surface area contributed by atoms with Gasteiger partial charge in [-0.2, -0.15) is 27.1 Å². The van der Waals surface area contributed by atoms with Gasteiger partial charge in [0.05, 0.1) is 35.8 Å². The lowest BCUT2D eigenvalue weighted by Gasteiger charge is -2.21. The Morgan fingerprint density at radius 2 is 1.82 bits per heavy atom. The summed E-state index contributed by atoms with van der Waals surface area (Å²) in [5, 5.41) is 4.71. The minimum Gasteiger partial charge on any atom is -0.300 e. The Bertz CT molecular complexity index is 1420. The van der Waals surface area contributed by atoms with Crippen LogP contribution in [0.4, 0.5) is 22.0 Å². The molecule has 4 aromatic heterocycles. The van der Waals surface area contributed by atoms with Crippen molar-refractivity contribution in [2.45, 2.75) is 30.5 Å². The van der Waals surface area contributed by atoms with E-state index in [2.05, 4.69) is 15.1 Å². The van der Waals surface area contributed by atoms with Crippen molar-refractivity contribution in [2.24, 2.45) is 0 Å². The van der Waals surface area contributed by atoms with E-state index in [-0.39, 0.29) is 10.9 Å². The second kappa shape index (κ2) is 8.99. The highest BCUT2D eigenvalue weighted by Gasteiger charge is 2.57. The normalized spacial score (nSPS) is 12.4. The molecule has 0 fully saturated rings. The van der Waals surface area contributed by atoms with Crippen LogP contribution in [0.3, 0.4) is 0 Å². The zero-order valence-corrected chi connectivity index (χ0v) is 18.9. The van der Waals surface area contributed by atoms with E-state index >= 15 is 0 Å². The number of pyridine rings is 3. The molecule has 178 valence electrons. The van der Waals surface area contributed by atoms with Crippen LogP contribution in [0.1, 0.15) is 6.92 Å². The van der Waals surface area contributed by atoms with E-state index in [0.717, 1.165) is 17.2 Å². The summed E-state index contributed by atoms with van der Waals surface area (Å²) in [6.07, 6.45) is -1.47. The number of nitrogens with zero attached hydrogens (tertiary/aromatic N) is 5. The zero-order chi connectivity index (χ0) is 24.7. The third kappa shape index (κ3) is 4.64. The van der Waals surface area contributed by atoms with Gasteiger partial charge in [0, 0.05) is 22.5 Å². The molecule has 4 aromatic rings. The summed E-state index contributed by atoms with van der Waals surface area (Å²) in [5.41, 5.74) is 0.354. The Hall–Kier alpha value is -2.99. The van der Waals surface area contributed by atoms with Gasteiger partial charge in [-0.3, -0.25) is 14.8 Å². The van der Waals surface area contributed by atoms with Crippen molar-refractivity contribution < 1.29 is 22.0 Å². The van der Waals surface area contributed by atoms with E-state index in [1.54, 1.807) is 23.1 Å². The molecule has 0 aromatic carbocycles. The minimum atomic E-state index is -5.79. The smallest absolute Gasteiger partial charge is 0.300 e. The third-order valence-corrected chi connectivity index (χ3v) is 5.96. The van der Waals surface area contributed by atoms with Crippen LogP contribution in [-0.2, 0) is 6.54 Å². The molecule has 0 N–H and O–H groups in total. The number of aromatic nitrogens is 5. The molecule has 0 radical (unpaired) electrons. The van der Waals surface area contributed by atoms with Crippen molar-refractivity contribution in [1.82, 2.24) is 24.3 Å². The molecule has 0 saturated heterocycles. The fourth-order valence-electron chi connectivity index (χ4n) is 3.24. The molecule has 0 spiro atoms. The number of alkyl halides is 5. The van der Waals surface area contributed by atoms with Gasteiger partial charge >= 0.3 is 12.1 Å². The molecule has 0 aliphatic carbocycles. The second-order valence-electron chi connectivity index (χ2n) is 7.14. The van der Waals surface area contributed by atoms with E-state index in [1.807, 2.05) is 13.0 Å². The molecular weight excluding hydrogens is 501 g/mol. The first kappa shape index (κ1) is 24.1. The maximum absolute atomic E-state index is 13.7. The van der Waals surface area contributed by atoms with Gasteiger partial charge in [-0.25, -0.2) is 4.68 Å². The number of halogens is 6. The van der Waals surface area contributed by atoms with Gasteiger partial charge in [-0.1, -0.05) is 18.5 Å². The highest BCUT2D eigenvalue weighted by molar-refractivity contribution is 7.99. The highest BCUT2D eigenvalue weighted by Crippen LogP contribution is 2.37. The Morgan fingerprint density at radius 3 is 2.47 bits per heavy atom. The molecule has 13 heteroatoms. The predicted octanol–water partition coefficient (Wildman–Crippen LogP) is 5.61.